The molecule has 0 unspecified atom stereocenters. The Labute approximate surface area is 154 Å². The van der Waals surface area contributed by atoms with E-state index in [1.54, 1.807) is 71.8 Å². The van der Waals surface area contributed by atoms with Crippen molar-refractivity contribution in [1.29, 1.82) is 0 Å². The first-order chi connectivity index (χ1) is 11.5. The Kier molecular flexibility index (Phi) is 5.05. The molecule has 3 nitrogen and oxygen atoms in total. The Balaban J connectivity index is 2.08. The van der Waals surface area contributed by atoms with E-state index in [2.05, 4.69) is 4.98 Å². The number of Topliss-reactive ketones (excluding diaryl/α,β-unsaturated/α-hetero) is 1. The average Bonchev–Trinajstić information content (AvgIpc) is 3.06. The topological polar surface area (TPSA) is 34.9 Å². The zero-order valence-electron chi connectivity index (χ0n) is 12.3. The Morgan fingerprint density at radius 3 is 2.21 bits per heavy atom. The molecule has 0 aliphatic carbocycles. The molecule has 2 aromatic carbocycles. The summed E-state index contributed by atoms with van der Waals surface area (Å²) < 4.78 is 1.64. The lowest BCUT2D eigenvalue weighted by atomic mass is 10.1. The number of allylic oxidation sites excluding steroid dienone is 1. The standard InChI is InChI=1S/C18H11Cl3N2O/c19-14-3-1-13(2-4-14)18(24)17(23-6-5-22-11-23)9-12-7-15(20)10-16(21)8-12/h1-11H/b17-9-. The van der Waals surface area contributed by atoms with Crippen molar-refractivity contribution < 1.29 is 4.79 Å². The number of rotatable bonds is 4. The van der Waals surface area contributed by atoms with E-state index in [0.29, 0.717) is 26.3 Å². The van der Waals surface area contributed by atoms with E-state index in [0.717, 1.165) is 5.56 Å². The lowest BCUT2D eigenvalue weighted by Crippen LogP contribution is -2.08. The number of carbonyl (C=O) groups excluding carboxylic acids is 1. The molecule has 0 bridgehead atoms. The summed E-state index contributed by atoms with van der Waals surface area (Å²) >= 11 is 18.0. The van der Waals surface area contributed by atoms with Gasteiger partial charge in [0.25, 0.3) is 0 Å². The van der Waals surface area contributed by atoms with Crippen molar-refractivity contribution >= 4 is 52.4 Å². The van der Waals surface area contributed by atoms with Gasteiger partial charge in [0.2, 0.25) is 5.78 Å². The summed E-state index contributed by atoms with van der Waals surface area (Å²) in [6.45, 7) is 0. The van der Waals surface area contributed by atoms with Gasteiger partial charge in [0.05, 0.1) is 12.0 Å². The molecule has 120 valence electrons. The molecule has 0 amide bonds. The van der Waals surface area contributed by atoms with Crippen molar-refractivity contribution in [1.82, 2.24) is 9.55 Å². The van der Waals surface area contributed by atoms with E-state index < -0.39 is 0 Å². The SMILES string of the molecule is O=C(/C(=C/c1cc(Cl)cc(Cl)c1)n1ccnc1)c1ccc(Cl)cc1. The van der Waals surface area contributed by atoms with Crippen LogP contribution in [0.15, 0.2) is 61.2 Å². The molecule has 0 aliphatic heterocycles. The van der Waals surface area contributed by atoms with E-state index in [-0.39, 0.29) is 5.78 Å². The molecule has 24 heavy (non-hydrogen) atoms. The fraction of sp³-hybridized carbons (Fsp3) is 0. The van der Waals surface area contributed by atoms with Gasteiger partial charge < -0.3 is 4.57 Å². The Hall–Kier alpha value is -2.07. The summed E-state index contributed by atoms with van der Waals surface area (Å²) in [5.41, 5.74) is 1.67. The van der Waals surface area contributed by atoms with Gasteiger partial charge in [-0.2, -0.15) is 0 Å². The number of hydrogen-bond donors (Lipinski definition) is 0. The molecule has 6 heteroatoms. The van der Waals surface area contributed by atoms with E-state index in [4.69, 9.17) is 34.8 Å². The maximum atomic E-state index is 12.9. The molecule has 0 N–H and O–H groups in total. The van der Waals surface area contributed by atoms with Crippen molar-refractivity contribution in [3.05, 3.63) is 87.4 Å². The molecule has 3 aromatic rings. The molecule has 0 aliphatic rings. The number of ketones is 1. The molecular weight excluding hydrogens is 367 g/mol. The highest BCUT2D eigenvalue weighted by Crippen LogP contribution is 2.24. The van der Waals surface area contributed by atoms with Gasteiger partial charge in [0.1, 0.15) is 0 Å². The minimum Gasteiger partial charge on any atom is -0.303 e. The van der Waals surface area contributed by atoms with Gasteiger partial charge in [-0.25, -0.2) is 4.98 Å². The van der Waals surface area contributed by atoms with Crippen LogP contribution in [-0.4, -0.2) is 15.3 Å². The molecule has 0 atom stereocenters. The Bertz CT molecular complexity index is 880. The first-order valence-corrected chi connectivity index (χ1v) is 8.13. The molecule has 1 heterocycles. The normalized spacial score (nSPS) is 11.5. The van der Waals surface area contributed by atoms with Crippen LogP contribution in [0.3, 0.4) is 0 Å². The molecular formula is C18H11Cl3N2O. The third-order valence-corrected chi connectivity index (χ3v) is 4.00. The van der Waals surface area contributed by atoms with E-state index in [1.165, 1.54) is 0 Å². The molecule has 0 spiro atoms. The Morgan fingerprint density at radius 2 is 1.62 bits per heavy atom. The van der Waals surface area contributed by atoms with Crippen molar-refractivity contribution in [2.75, 3.05) is 0 Å². The number of aromatic nitrogens is 2. The van der Waals surface area contributed by atoms with Crippen LogP contribution in [0.5, 0.6) is 0 Å². The minimum absolute atomic E-state index is 0.166. The van der Waals surface area contributed by atoms with Crippen LogP contribution in [0.4, 0.5) is 0 Å². The number of imidazole rings is 1. The van der Waals surface area contributed by atoms with Crippen molar-refractivity contribution in [3.8, 4) is 0 Å². The van der Waals surface area contributed by atoms with Gasteiger partial charge in [-0.3, -0.25) is 4.79 Å². The zero-order chi connectivity index (χ0) is 17.1. The van der Waals surface area contributed by atoms with Gasteiger partial charge >= 0.3 is 0 Å². The van der Waals surface area contributed by atoms with Crippen LogP contribution < -0.4 is 0 Å². The summed E-state index contributed by atoms with van der Waals surface area (Å²) in [5.74, 6) is -0.166. The fourth-order valence-corrected chi connectivity index (χ4v) is 2.89. The van der Waals surface area contributed by atoms with Crippen LogP contribution in [0, 0.1) is 0 Å². The van der Waals surface area contributed by atoms with Gasteiger partial charge in [-0.15, -0.1) is 0 Å². The third kappa shape index (κ3) is 3.88. The van der Waals surface area contributed by atoms with Crippen molar-refractivity contribution in [3.63, 3.8) is 0 Å². The molecule has 3 rings (SSSR count). The monoisotopic (exact) mass is 376 g/mol. The molecule has 0 fully saturated rings. The molecule has 0 saturated heterocycles. The van der Waals surface area contributed by atoms with E-state index >= 15 is 0 Å². The predicted molar refractivity (Wildman–Crippen MR) is 98.6 cm³/mol. The lowest BCUT2D eigenvalue weighted by Gasteiger charge is -2.09. The van der Waals surface area contributed by atoms with Crippen molar-refractivity contribution in [2.24, 2.45) is 0 Å². The summed E-state index contributed by atoms with van der Waals surface area (Å²) in [6.07, 6.45) is 6.59. The van der Waals surface area contributed by atoms with Crippen LogP contribution in [0.2, 0.25) is 15.1 Å². The first kappa shape index (κ1) is 16.8. The average molecular weight is 378 g/mol. The second-order valence-corrected chi connectivity index (χ2v) is 6.35. The summed E-state index contributed by atoms with van der Waals surface area (Å²) in [6, 6.07) is 11.8. The van der Waals surface area contributed by atoms with Crippen molar-refractivity contribution in [2.45, 2.75) is 0 Å². The quantitative estimate of drug-likeness (QED) is 0.430. The van der Waals surface area contributed by atoms with Gasteiger partial charge in [-0.05, 0) is 54.1 Å². The van der Waals surface area contributed by atoms with Gasteiger partial charge in [0, 0.05) is 33.0 Å². The Morgan fingerprint density at radius 1 is 0.958 bits per heavy atom. The largest absolute Gasteiger partial charge is 0.303 e. The van der Waals surface area contributed by atoms with Crippen LogP contribution in [0.25, 0.3) is 11.8 Å². The van der Waals surface area contributed by atoms with Crippen LogP contribution in [-0.2, 0) is 0 Å². The smallest absolute Gasteiger partial charge is 0.209 e. The molecule has 0 saturated carbocycles. The number of hydrogen-bond acceptors (Lipinski definition) is 2. The summed E-state index contributed by atoms with van der Waals surface area (Å²) in [5, 5.41) is 1.57. The fourth-order valence-electron chi connectivity index (χ4n) is 2.22. The minimum atomic E-state index is -0.166. The summed E-state index contributed by atoms with van der Waals surface area (Å²) in [4.78, 5) is 16.9. The maximum absolute atomic E-state index is 12.9. The number of benzene rings is 2. The molecule has 1 aromatic heterocycles. The van der Waals surface area contributed by atoms with Crippen LogP contribution in [0.1, 0.15) is 15.9 Å². The van der Waals surface area contributed by atoms with E-state index in [9.17, 15) is 4.79 Å². The maximum Gasteiger partial charge on any atom is 0.209 e. The highest BCUT2D eigenvalue weighted by atomic mass is 35.5. The van der Waals surface area contributed by atoms with Gasteiger partial charge in [-0.1, -0.05) is 34.8 Å². The second-order valence-electron chi connectivity index (χ2n) is 5.04. The predicted octanol–water partition coefficient (Wildman–Crippen LogP) is 5.72. The number of carbonyl (C=O) groups is 1. The number of nitrogens with zero attached hydrogens (tertiary/aromatic N) is 2. The number of halogens is 3. The highest BCUT2D eigenvalue weighted by molar-refractivity contribution is 6.35. The second kappa shape index (κ2) is 7.22. The highest BCUT2D eigenvalue weighted by Gasteiger charge is 2.14. The third-order valence-electron chi connectivity index (χ3n) is 3.31. The van der Waals surface area contributed by atoms with Crippen LogP contribution >= 0.6 is 34.8 Å². The lowest BCUT2D eigenvalue weighted by molar-refractivity contribution is 0.105. The zero-order valence-corrected chi connectivity index (χ0v) is 14.6. The molecule has 0 radical (unpaired) electrons. The first-order valence-electron chi connectivity index (χ1n) is 6.99. The van der Waals surface area contributed by atoms with E-state index in [1.807, 2.05) is 0 Å². The van der Waals surface area contributed by atoms with Gasteiger partial charge in [0.15, 0.2) is 0 Å². The summed E-state index contributed by atoms with van der Waals surface area (Å²) in [7, 11) is 0.